The van der Waals surface area contributed by atoms with Gasteiger partial charge in [0, 0.05) is 11.3 Å². The number of rotatable bonds is 6. The van der Waals surface area contributed by atoms with Crippen molar-refractivity contribution in [3.63, 3.8) is 0 Å². The predicted octanol–water partition coefficient (Wildman–Crippen LogP) is 1.79. The van der Waals surface area contributed by atoms with Crippen LogP contribution in [0.25, 0.3) is 0 Å². The van der Waals surface area contributed by atoms with Crippen molar-refractivity contribution in [1.82, 2.24) is 5.32 Å². The van der Waals surface area contributed by atoms with Crippen LogP contribution in [0.2, 0.25) is 0 Å². The second kappa shape index (κ2) is 6.20. The van der Waals surface area contributed by atoms with Gasteiger partial charge < -0.3 is 14.8 Å². The second-order valence-electron chi connectivity index (χ2n) is 3.62. The molecule has 3 nitrogen and oxygen atoms in total. The average molecular weight is 229 g/mol. The third-order valence-corrected chi connectivity index (χ3v) is 3.86. The van der Waals surface area contributed by atoms with E-state index in [1.54, 1.807) is 18.0 Å². The first-order chi connectivity index (χ1) is 7.19. The van der Waals surface area contributed by atoms with E-state index in [1.807, 2.05) is 20.0 Å². The normalized spacial score (nSPS) is 15.2. The number of likely N-dealkylation sites (N-methyl/N-ethyl adjacent to an activating group) is 1. The topological polar surface area (TPSA) is 45.4 Å². The molecule has 2 unspecified atom stereocenters. The Morgan fingerprint density at radius 3 is 2.80 bits per heavy atom. The van der Waals surface area contributed by atoms with Crippen molar-refractivity contribution >= 4 is 11.8 Å². The summed E-state index contributed by atoms with van der Waals surface area (Å²) in [6, 6.07) is 2.12. The molecule has 0 radical (unpaired) electrons. The minimum Gasteiger partial charge on any atom is -0.468 e. The highest BCUT2D eigenvalue weighted by Gasteiger charge is 2.15. The van der Waals surface area contributed by atoms with Crippen molar-refractivity contribution < 1.29 is 9.52 Å². The SMILES string of the molecule is CNC(CO)C(C)SCc1occc1C. The summed E-state index contributed by atoms with van der Waals surface area (Å²) >= 11 is 1.79. The molecule has 0 saturated heterocycles. The quantitative estimate of drug-likeness (QED) is 0.780. The van der Waals surface area contributed by atoms with Gasteiger partial charge >= 0.3 is 0 Å². The molecule has 0 spiro atoms. The summed E-state index contributed by atoms with van der Waals surface area (Å²) in [6.45, 7) is 4.33. The summed E-state index contributed by atoms with van der Waals surface area (Å²) in [5.74, 6) is 1.89. The van der Waals surface area contributed by atoms with Crippen LogP contribution in [-0.2, 0) is 5.75 Å². The van der Waals surface area contributed by atoms with E-state index in [4.69, 9.17) is 9.52 Å². The fraction of sp³-hybridized carbons (Fsp3) is 0.636. The lowest BCUT2D eigenvalue weighted by atomic mass is 10.2. The predicted molar refractivity (Wildman–Crippen MR) is 64.1 cm³/mol. The highest BCUT2D eigenvalue weighted by Crippen LogP contribution is 2.22. The van der Waals surface area contributed by atoms with Gasteiger partial charge in [-0.25, -0.2) is 0 Å². The fourth-order valence-electron chi connectivity index (χ4n) is 1.35. The van der Waals surface area contributed by atoms with Crippen LogP contribution >= 0.6 is 11.8 Å². The van der Waals surface area contributed by atoms with Gasteiger partial charge in [-0.1, -0.05) is 6.92 Å². The molecule has 0 bridgehead atoms. The summed E-state index contributed by atoms with van der Waals surface area (Å²) in [6.07, 6.45) is 1.72. The Morgan fingerprint density at radius 1 is 1.60 bits per heavy atom. The number of nitrogens with one attached hydrogen (secondary N) is 1. The van der Waals surface area contributed by atoms with Crippen molar-refractivity contribution in [3.8, 4) is 0 Å². The van der Waals surface area contributed by atoms with Gasteiger partial charge in [0.2, 0.25) is 0 Å². The number of furan rings is 1. The maximum Gasteiger partial charge on any atom is 0.116 e. The van der Waals surface area contributed by atoms with Crippen molar-refractivity contribution in [2.45, 2.75) is 30.9 Å². The minimum atomic E-state index is 0.144. The van der Waals surface area contributed by atoms with Crippen LogP contribution in [0.3, 0.4) is 0 Å². The first-order valence-corrected chi connectivity index (χ1v) is 6.16. The Labute approximate surface area is 95.2 Å². The van der Waals surface area contributed by atoms with Gasteiger partial charge in [0.1, 0.15) is 5.76 Å². The average Bonchev–Trinajstić information content (AvgIpc) is 2.63. The molecule has 1 aromatic rings. The van der Waals surface area contributed by atoms with E-state index >= 15 is 0 Å². The minimum absolute atomic E-state index is 0.144. The molecule has 0 saturated carbocycles. The lowest BCUT2D eigenvalue weighted by Gasteiger charge is -2.20. The van der Waals surface area contributed by atoms with E-state index < -0.39 is 0 Å². The Morgan fingerprint density at radius 2 is 2.33 bits per heavy atom. The molecule has 0 amide bonds. The zero-order valence-corrected chi connectivity index (χ0v) is 10.3. The van der Waals surface area contributed by atoms with Gasteiger partial charge in [-0.3, -0.25) is 0 Å². The van der Waals surface area contributed by atoms with Crippen molar-refractivity contribution in [2.75, 3.05) is 13.7 Å². The number of hydrogen-bond donors (Lipinski definition) is 2. The molecular formula is C11H19NO2S. The summed E-state index contributed by atoms with van der Waals surface area (Å²) in [5.41, 5.74) is 1.19. The maximum atomic E-state index is 9.11. The van der Waals surface area contributed by atoms with Gasteiger partial charge in [0.15, 0.2) is 0 Å². The van der Waals surface area contributed by atoms with Crippen LogP contribution < -0.4 is 5.32 Å². The standard InChI is InChI=1S/C11H19NO2S/c1-8-4-5-14-11(8)7-15-9(2)10(6-13)12-3/h4-5,9-10,12-13H,6-7H2,1-3H3. The third kappa shape index (κ3) is 3.55. The zero-order valence-electron chi connectivity index (χ0n) is 9.49. The van der Waals surface area contributed by atoms with Gasteiger partial charge in [-0.05, 0) is 25.6 Å². The lowest BCUT2D eigenvalue weighted by molar-refractivity contribution is 0.248. The number of hydrogen-bond acceptors (Lipinski definition) is 4. The molecule has 86 valence electrons. The lowest BCUT2D eigenvalue weighted by Crippen LogP contribution is -2.37. The van der Waals surface area contributed by atoms with Gasteiger partial charge in [0.05, 0.1) is 18.6 Å². The Balaban J connectivity index is 2.40. The van der Waals surface area contributed by atoms with Crippen LogP contribution in [0, 0.1) is 6.92 Å². The molecule has 4 heteroatoms. The monoisotopic (exact) mass is 229 g/mol. The second-order valence-corrected chi connectivity index (χ2v) is 4.99. The van der Waals surface area contributed by atoms with E-state index in [9.17, 15) is 0 Å². The maximum absolute atomic E-state index is 9.11. The zero-order chi connectivity index (χ0) is 11.3. The Kier molecular flexibility index (Phi) is 5.22. The molecular weight excluding hydrogens is 210 g/mol. The van der Waals surface area contributed by atoms with Crippen LogP contribution in [0.15, 0.2) is 16.7 Å². The first-order valence-electron chi connectivity index (χ1n) is 5.11. The summed E-state index contributed by atoms with van der Waals surface area (Å²) in [4.78, 5) is 0. The van der Waals surface area contributed by atoms with E-state index in [-0.39, 0.29) is 12.6 Å². The van der Waals surface area contributed by atoms with E-state index in [0.717, 1.165) is 11.5 Å². The van der Waals surface area contributed by atoms with Crippen molar-refractivity contribution in [1.29, 1.82) is 0 Å². The molecule has 15 heavy (non-hydrogen) atoms. The fourth-order valence-corrected chi connectivity index (χ4v) is 2.51. The highest BCUT2D eigenvalue weighted by molar-refractivity contribution is 7.99. The molecule has 0 aliphatic carbocycles. The van der Waals surface area contributed by atoms with Crippen LogP contribution in [-0.4, -0.2) is 30.1 Å². The smallest absolute Gasteiger partial charge is 0.116 e. The number of thioether (sulfide) groups is 1. The summed E-state index contributed by atoms with van der Waals surface area (Å²) < 4.78 is 5.36. The van der Waals surface area contributed by atoms with Gasteiger partial charge in [-0.2, -0.15) is 0 Å². The third-order valence-electron chi connectivity index (χ3n) is 2.58. The van der Waals surface area contributed by atoms with Crippen LogP contribution in [0.5, 0.6) is 0 Å². The molecule has 2 N–H and O–H groups in total. The largest absolute Gasteiger partial charge is 0.468 e. The van der Waals surface area contributed by atoms with Crippen molar-refractivity contribution in [2.24, 2.45) is 0 Å². The molecule has 0 aliphatic rings. The first kappa shape index (κ1) is 12.6. The highest BCUT2D eigenvalue weighted by atomic mass is 32.2. The van der Waals surface area contributed by atoms with Gasteiger partial charge in [-0.15, -0.1) is 11.8 Å². The molecule has 1 aromatic heterocycles. The van der Waals surface area contributed by atoms with E-state index in [1.165, 1.54) is 5.56 Å². The summed E-state index contributed by atoms with van der Waals surface area (Å²) in [7, 11) is 1.87. The van der Waals surface area contributed by atoms with E-state index in [0.29, 0.717) is 5.25 Å². The Hall–Kier alpha value is -0.450. The number of aliphatic hydroxyl groups is 1. The van der Waals surface area contributed by atoms with Crippen LogP contribution in [0.4, 0.5) is 0 Å². The molecule has 1 rings (SSSR count). The molecule has 1 heterocycles. The number of aliphatic hydroxyl groups excluding tert-OH is 1. The van der Waals surface area contributed by atoms with E-state index in [2.05, 4.69) is 12.2 Å². The van der Waals surface area contributed by atoms with Crippen LogP contribution in [0.1, 0.15) is 18.2 Å². The molecule has 0 aromatic carbocycles. The molecule has 2 atom stereocenters. The summed E-state index contributed by atoms with van der Waals surface area (Å²) in [5, 5.41) is 12.6. The number of aryl methyl sites for hydroxylation is 1. The van der Waals surface area contributed by atoms with Gasteiger partial charge in [0.25, 0.3) is 0 Å². The molecule has 0 fully saturated rings. The Bertz CT molecular complexity index is 284. The molecule has 0 aliphatic heterocycles. The van der Waals surface area contributed by atoms with Crippen molar-refractivity contribution in [3.05, 3.63) is 23.7 Å².